The third-order valence-corrected chi connectivity index (χ3v) is 7.32. The zero-order chi connectivity index (χ0) is 32.0. The van der Waals surface area contributed by atoms with Crippen molar-refractivity contribution in [1.82, 2.24) is 9.80 Å². The van der Waals surface area contributed by atoms with Crippen molar-refractivity contribution < 1.29 is 32.7 Å². The first-order chi connectivity index (χ1) is 21.1. The number of carbonyl (C=O) groups is 3. The molecular formula is C33H41F3N4O4. The number of amides is 3. The highest BCUT2D eigenvalue weighted by Gasteiger charge is 2.38. The number of anilines is 2. The van der Waals surface area contributed by atoms with Crippen LogP contribution >= 0.6 is 0 Å². The summed E-state index contributed by atoms with van der Waals surface area (Å²) in [5, 5.41) is 15.1. The lowest BCUT2D eigenvalue weighted by molar-refractivity contribution is -0.192. The van der Waals surface area contributed by atoms with E-state index in [0.717, 1.165) is 55.6 Å². The van der Waals surface area contributed by atoms with Crippen LogP contribution in [0.1, 0.15) is 62.2 Å². The van der Waals surface area contributed by atoms with Gasteiger partial charge in [0, 0.05) is 36.6 Å². The van der Waals surface area contributed by atoms with E-state index < -0.39 is 12.1 Å². The number of hydrogen-bond acceptors (Lipinski definition) is 4. The van der Waals surface area contributed by atoms with Gasteiger partial charge in [0.15, 0.2) is 0 Å². The summed E-state index contributed by atoms with van der Waals surface area (Å²) in [7, 11) is 0. The Hall–Kier alpha value is -4.12. The number of benzene rings is 3. The van der Waals surface area contributed by atoms with Crippen molar-refractivity contribution in [2.45, 2.75) is 58.0 Å². The molecule has 4 rings (SSSR count). The zero-order valence-electron chi connectivity index (χ0n) is 25.0. The van der Waals surface area contributed by atoms with Gasteiger partial charge in [-0.05, 0) is 67.0 Å². The van der Waals surface area contributed by atoms with Crippen LogP contribution < -0.4 is 10.6 Å². The van der Waals surface area contributed by atoms with Crippen molar-refractivity contribution >= 4 is 40.1 Å². The molecule has 0 radical (unpaired) electrons. The summed E-state index contributed by atoms with van der Waals surface area (Å²) in [6, 6.07) is 20.7. The lowest BCUT2D eigenvalue weighted by Crippen LogP contribution is -2.35. The van der Waals surface area contributed by atoms with E-state index in [2.05, 4.69) is 22.5 Å². The molecule has 0 bridgehead atoms. The lowest BCUT2D eigenvalue weighted by atomic mass is 10.1. The number of carboxylic acids is 1. The van der Waals surface area contributed by atoms with Gasteiger partial charge in [-0.2, -0.15) is 13.2 Å². The van der Waals surface area contributed by atoms with Crippen LogP contribution in [-0.2, 0) is 4.79 Å². The number of carboxylic acid groups (broad SMARTS) is 1. The van der Waals surface area contributed by atoms with Crippen molar-refractivity contribution in [3.63, 3.8) is 0 Å². The molecule has 1 aliphatic rings. The van der Waals surface area contributed by atoms with Crippen LogP contribution in [0.5, 0.6) is 0 Å². The minimum atomic E-state index is -5.08. The summed E-state index contributed by atoms with van der Waals surface area (Å²) in [6.45, 7) is 6.86. The van der Waals surface area contributed by atoms with Crippen LogP contribution in [0.3, 0.4) is 0 Å². The lowest BCUT2D eigenvalue weighted by Gasteiger charge is -2.22. The molecule has 0 saturated carbocycles. The predicted octanol–water partition coefficient (Wildman–Crippen LogP) is 7.63. The van der Waals surface area contributed by atoms with Crippen LogP contribution in [0.15, 0.2) is 66.7 Å². The summed E-state index contributed by atoms with van der Waals surface area (Å²) in [6.07, 6.45) is 3.75. The molecule has 0 atom stereocenters. The Labute approximate surface area is 256 Å². The number of fused-ring (bicyclic) bond motifs is 1. The maximum Gasteiger partial charge on any atom is 0.490 e. The Morgan fingerprint density at radius 3 is 2.14 bits per heavy atom. The van der Waals surface area contributed by atoms with Gasteiger partial charge < -0.3 is 25.5 Å². The van der Waals surface area contributed by atoms with E-state index in [4.69, 9.17) is 9.90 Å². The largest absolute Gasteiger partial charge is 0.490 e. The number of unbranched alkanes of at least 4 members (excludes halogenated alkanes) is 5. The highest BCUT2D eigenvalue weighted by atomic mass is 19.4. The topological polar surface area (TPSA) is 102 Å². The van der Waals surface area contributed by atoms with Crippen LogP contribution in [0.4, 0.5) is 29.3 Å². The molecule has 0 aliphatic carbocycles. The van der Waals surface area contributed by atoms with Gasteiger partial charge in [0.25, 0.3) is 5.91 Å². The first-order valence-corrected chi connectivity index (χ1v) is 15.1. The molecule has 11 heteroatoms. The van der Waals surface area contributed by atoms with Gasteiger partial charge in [0.05, 0.1) is 0 Å². The second-order valence-electron chi connectivity index (χ2n) is 10.8. The average molecular weight is 615 g/mol. The molecule has 1 fully saturated rings. The number of halogens is 3. The summed E-state index contributed by atoms with van der Waals surface area (Å²) in [5.41, 5.74) is 1.93. The van der Waals surface area contributed by atoms with E-state index in [-0.39, 0.29) is 11.9 Å². The second-order valence-corrected chi connectivity index (χ2v) is 10.8. The summed E-state index contributed by atoms with van der Waals surface area (Å²) >= 11 is 0. The van der Waals surface area contributed by atoms with Crippen molar-refractivity contribution in [3.8, 4) is 0 Å². The highest BCUT2D eigenvalue weighted by Crippen LogP contribution is 2.20. The van der Waals surface area contributed by atoms with Crippen LogP contribution in [0, 0.1) is 0 Å². The third-order valence-electron chi connectivity index (χ3n) is 7.32. The Morgan fingerprint density at radius 1 is 0.773 bits per heavy atom. The van der Waals surface area contributed by atoms with Crippen LogP contribution in [-0.4, -0.2) is 71.7 Å². The van der Waals surface area contributed by atoms with Crippen LogP contribution in [0.25, 0.3) is 10.8 Å². The minimum absolute atomic E-state index is 0.0278. The number of carbonyl (C=O) groups excluding carboxylic acids is 2. The quantitative estimate of drug-likeness (QED) is 0.204. The molecule has 0 unspecified atom stereocenters. The van der Waals surface area contributed by atoms with Crippen molar-refractivity contribution in [3.05, 3.63) is 72.3 Å². The SMILES string of the molecule is CCCCCCCCN1CCCN(C(=O)c2cccc(NC(=O)Nc3ccc4ccccc4c3)c2)CC1.O=C(O)C(F)(F)F. The van der Waals surface area contributed by atoms with Gasteiger partial charge >= 0.3 is 18.2 Å². The molecule has 8 nitrogen and oxygen atoms in total. The monoisotopic (exact) mass is 614 g/mol. The maximum absolute atomic E-state index is 13.3. The van der Waals surface area contributed by atoms with E-state index in [1.165, 1.54) is 38.5 Å². The summed E-state index contributed by atoms with van der Waals surface area (Å²) in [4.78, 5) is 39.2. The minimum Gasteiger partial charge on any atom is -0.475 e. The van der Waals surface area contributed by atoms with Gasteiger partial charge in [-0.15, -0.1) is 0 Å². The number of hydrogen-bond donors (Lipinski definition) is 3. The first-order valence-electron chi connectivity index (χ1n) is 15.1. The maximum atomic E-state index is 13.3. The Morgan fingerprint density at radius 2 is 1.43 bits per heavy atom. The number of alkyl halides is 3. The zero-order valence-corrected chi connectivity index (χ0v) is 25.0. The number of aliphatic carboxylic acids is 1. The summed E-state index contributed by atoms with van der Waals surface area (Å²) < 4.78 is 31.7. The molecule has 0 aromatic heterocycles. The second kappa shape index (κ2) is 17.2. The fourth-order valence-corrected chi connectivity index (χ4v) is 4.99. The third kappa shape index (κ3) is 11.5. The predicted molar refractivity (Wildman–Crippen MR) is 167 cm³/mol. The number of rotatable bonds is 10. The van der Waals surface area contributed by atoms with E-state index in [0.29, 0.717) is 11.3 Å². The molecule has 1 saturated heterocycles. The Kier molecular flexibility index (Phi) is 13.5. The number of urea groups is 1. The fraction of sp³-hybridized carbons (Fsp3) is 0.424. The molecular weight excluding hydrogens is 573 g/mol. The molecule has 3 aromatic rings. The van der Waals surface area contributed by atoms with Crippen molar-refractivity contribution in [2.75, 3.05) is 43.4 Å². The Balaban J connectivity index is 0.000000676. The smallest absolute Gasteiger partial charge is 0.475 e. The van der Waals surface area contributed by atoms with Crippen molar-refractivity contribution in [1.29, 1.82) is 0 Å². The standard InChI is InChI=1S/C31H40N4O2.C2HF3O2/c1-2-3-4-5-6-9-18-34-19-11-20-35(22-21-34)30(36)27-14-10-15-28(24-27)32-31(37)33-29-17-16-25-12-7-8-13-26(25)23-29;3-2(4,5)1(6)7/h7-8,10,12-17,23-24H,2-6,9,11,18-22H2,1H3,(H2,32,33,37);(H,6,7). The van der Waals surface area contributed by atoms with Crippen LogP contribution in [0.2, 0.25) is 0 Å². The first kappa shape index (κ1) is 34.4. The molecule has 3 N–H and O–H groups in total. The van der Waals surface area contributed by atoms with E-state index in [1.54, 1.807) is 12.1 Å². The molecule has 1 heterocycles. The van der Waals surface area contributed by atoms with Gasteiger partial charge in [0.1, 0.15) is 0 Å². The van der Waals surface area contributed by atoms with Crippen molar-refractivity contribution in [2.24, 2.45) is 0 Å². The number of nitrogens with zero attached hydrogens (tertiary/aromatic N) is 2. The number of nitrogens with one attached hydrogen (secondary N) is 2. The van der Waals surface area contributed by atoms with Gasteiger partial charge in [-0.25, -0.2) is 9.59 Å². The molecule has 0 spiro atoms. The fourth-order valence-electron chi connectivity index (χ4n) is 4.99. The van der Waals surface area contributed by atoms with Gasteiger partial charge in [-0.3, -0.25) is 4.79 Å². The van der Waals surface area contributed by atoms with E-state index in [9.17, 15) is 22.8 Å². The molecule has 3 aromatic carbocycles. The highest BCUT2D eigenvalue weighted by molar-refractivity contribution is 6.02. The molecule has 44 heavy (non-hydrogen) atoms. The molecule has 1 aliphatic heterocycles. The molecule has 238 valence electrons. The van der Waals surface area contributed by atoms with E-state index in [1.807, 2.05) is 59.5 Å². The normalized spacial score (nSPS) is 13.9. The van der Waals surface area contributed by atoms with E-state index >= 15 is 0 Å². The Bertz CT molecular complexity index is 1380. The summed E-state index contributed by atoms with van der Waals surface area (Å²) in [5.74, 6) is -2.73. The molecule has 3 amide bonds. The van der Waals surface area contributed by atoms with Gasteiger partial charge in [-0.1, -0.05) is 75.4 Å². The van der Waals surface area contributed by atoms with Gasteiger partial charge in [0.2, 0.25) is 0 Å². The average Bonchev–Trinajstić information content (AvgIpc) is 3.24.